The lowest BCUT2D eigenvalue weighted by molar-refractivity contribution is 0.621. The van der Waals surface area contributed by atoms with E-state index in [4.69, 9.17) is 11.6 Å². The molecule has 108 valence electrons. The number of alkyl halides is 1. The lowest BCUT2D eigenvalue weighted by atomic mass is 10.2. The van der Waals surface area contributed by atoms with E-state index in [2.05, 4.69) is 4.98 Å². The lowest BCUT2D eigenvalue weighted by Gasteiger charge is -2.11. The molecule has 0 fully saturated rings. The van der Waals surface area contributed by atoms with Crippen molar-refractivity contribution in [1.82, 2.24) is 9.55 Å². The third kappa shape index (κ3) is 2.66. The number of hydrogen-bond acceptors (Lipinski definition) is 1. The standard InChI is InChI=1S/C16H13ClFIN2/c1-10-4-2-3-5-14(10)21-15-8-11(18)12(19)9-13(15)20-16(21)6-7-17/h2-5,8-9H,6-7H2,1H3. The summed E-state index contributed by atoms with van der Waals surface area (Å²) in [5, 5.41) is 0. The minimum atomic E-state index is -0.227. The fourth-order valence-electron chi connectivity index (χ4n) is 2.46. The molecule has 2 aromatic carbocycles. The van der Waals surface area contributed by atoms with Crippen molar-refractivity contribution >= 4 is 45.2 Å². The van der Waals surface area contributed by atoms with Crippen molar-refractivity contribution in [2.24, 2.45) is 0 Å². The first-order valence-corrected chi connectivity index (χ1v) is 8.21. The number of para-hydroxylation sites is 1. The molecule has 0 atom stereocenters. The zero-order chi connectivity index (χ0) is 15.0. The largest absolute Gasteiger partial charge is 0.296 e. The summed E-state index contributed by atoms with van der Waals surface area (Å²) < 4.78 is 16.5. The quantitative estimate of drug-likeness (QED) is 0.442. The fraction of sp³-hybridized carbons (Fsp3) is 0.188. The van der Waals surface area contributed by atoms with Crippen LogP contribution in [0.2, 0.25) is 0 Å². The molecule has 3 rings (SSSR count). The number of aromatic nitrogens is 2. The minimum Gasteiger partial charge on any atom is -0.296 e. The van der Waals surface area contributed by atoms with Crippen molar-refractivity contribution in [2.45, 2.75) is 13.3 Å². The Morgan fingerprint density at radius 1 is 1.29 bits per heavy atom. The van der Waals surface area contributed by atoms with Crippen LogP contribution < -0.4 is 0 Å². The molecule has 1 aromatic heterocycles. The van der Waals surface area contributed by atoms with Crippen LogP contribution >= 0.6 is 34.2 Å². The van der Waals surface area contributed by atoms with Crippen molar-refractivity contribution in [3.05, 3.63) is 57.2 Å². The molecule has 0 spiro atoms. The van der Waals surface area contributed by atoms with Gasteiger partial charge in [0.1, 0.15) is 11.6 Å². The van der Waals surface area contributed by atoms with E-state index >= 15 is 0 Å². The molecule has 0 amide bonds. The number of aryl methyl sites for hydroxylation is 2. The summed E-state index contributed by atoms with van der Waals surface area (Å²) in [6.07, 6.45) is 0.642. The number of nitrogens with zero attached hydrogens (tertiary/aromatic N) is 2. The lowest BCUT2D eigenvalue weighted by Crippen LogP contribution is -2.04. The van der Waals surface area contributed by atoms with E-state index in [1.165, 1.54) is 0 Å². The highest BCUT2D eigenvalue weighted by molar-refractivity contribution is 14.1. The number of imidazole rings is 1. The van der Waals surface area contributed by atoms with Crippen LogP contribution in [0, 0.1) is 16.3 Å². The Kier molecular flexibility index (Phi) is 4.17. The zero-order valence-electron chi connectivity index (χ0n) is 11.4. The predicted molar refractivity (Wildman–Crippen MR) is 92.9 cm³/mol. The van der Waals surface area contributed by atoms with Gasteiger partial charge in [-0.05, 0) is 47.2 Å². The third-order valence-electron chi connectivity index (χ3n) is 3.44. The first-order valence-electron chi connectivity index (χ1n) is 6.60. The molecular formula is C16H13ClFIN2. The van der Waals surface area contributed by atoms with Gasteiger partial charge in [0.05, 0.1) is 20.3 Å². The second kappa shape index (κ2) is 5.93. The summed E-state index contributed by atoms with van der Waals surface area (Å²) in [5.74, 6) is 1.11. The van der Waals surface area contributed by atoms with Gasteiger partial charge in [0.2, 0.25) is 0 Å². The van der Waals surface area contributed by atoms with Gasteiger partial charge in [-0.2, -0.15) is 0 Å². The van der Waals surface area contributed by atoms with Crippen LogP contribution in [0.25, 0.3) is 16.7 Å². The molecule has 0 radical (unpaired) electrons. The average Bonchev–Trinajstić information content (AvgIpc) is 2.78. The van der Waals surface area contributed by atoms with E-state index in [0.717, 1.165) is 28.1 Å². The predicted octanol–water partition coefficient (Wildman–Crippen LogP) is 4.86. The Hall–Kier alpha value is -1.14. The summed E-state index contributed by atoms with van der Waals surface area (Å²) in [6, 6.07) is 11.3. The van der Waals surface area contributed by atoms with Crippen LogP contribution in [-0.2, 0) is 6.42 Å². The number of hydrogen-bond donors (Lipinski definition) is 0. The molecule has 5 heteroatoms. The molecule has 0 aliphatic carbocycles. The molecule has 1 heterocycles. The fourth-order valence-corrected chi connectivity index (χ4v) is 3.08. The normalized spacial score (nSPS) is 11.2. The summed E-state index contributed by atoms with van der Waals surface area (Å²) in [7, 11) is 0. The molecule has 0 aliphatic rings. The van der Waals surface area contributed by atoms with Crippen LogP contribution in [0.4, 0.5) is 4.39 Å². The minimum absolute atomic E-state index is 0.227. The maximum atomic E-state index is 14.0. The Morgan fingerprint density at radius 3 is 2.76 bits per heavy atom. The molecule has 0 unspecified atom stereocenters. The van der Waals surface area contributed by atoms with E-state index in [0.29, 0.717) is 15.9 Å². The van der Waals surface area contributed by atoms with E-state index in [9.17, 15) is 4.39 Å². The SMILES string of the molecule is Cc1ccccc1-n1c(CCCl)nc2cc(I)c(F)cc21. The number of fused-ring (bicyclic) bond motifs is 1. The Labute approximate surface area is 141 Å². The molecule has 0 N–H and O–H groups in total. The molecule has 0 saturated carbocycles. The van der Waals surface area contributed by atoms with Gasteiger partial charge in [0.25, 0.3) is 0 Å². The van der Waals surface area contributed by atoms with Gasteiger partial charge < -0.3 is 0 Å². The molecule has 0 saturated heterocycles. The number of halogens is 3. The van der Waals surface area contributed by atoms with Gasteiger partial charge in [-0.15, -0.1) is 11.6 Å². The first kappa shape index (κ1) is 14.8. The Morgan fingerprint density at radius 2 is 2.05 bits per heavy atom. The van der Waals surface area contributed by atoms with E-state index < -0.39 is 0 Å². The van der Waals surface area contributed by atoms with Crippen LogP contribution in [0.15, 0.2) is 36.4 Å². The van der Waals surface area contributed by atoms with Crippen molar-refractivity contribution in [3.63, 3.8) is 0 Å². The summed E-state index contributed by atoms with van der Waals surface area (Å²) in [5.41, 5.74) is 3.71. The average molecular weight is 415 g/mol. The summed E-state index contributed by atoms with van der Waals surface area (Å²) >= 11 is 7.88. The van der Waals surface area contributed by atoms with Gasteiger partial charge in [-0.1, -0.05) is 18.2 Å². The third-order valence-corrected chi connectivity index (χ3v) is 4.46. The maximum Gasteiger partial charge on any atom is 0.138 e. The highest BCUT2D eigenvalue weighted by Gasteiger charge is 2.15. The van der Waals surface area contributed by atoms with E-state index in [1.807, 2.05) is 58.3 Å². The van der Waals surface area contributed by atoms with E-state index in [1.54, 1.807) is 12.1 Å². The smallest absolute Gasteiger partial charge is 0.138 e. The molecule has 2 nitrogen and oxygen atoms in total. The van der Waals surface area contributed by atoms with Gasteiger partial charge in [-0.25, -0.2) is 9.37 Å². The molecule has 0 bridgehead atoms. The van der Waals surface area contributed by atoms with Crippen LogP contribution in [0.5, 0.6) is 0 Å². The summed E-state index contributed by atoms with van der Waals surface area (Å²) in [6.45, 7) is 2.04. The van der Waals surface area contributed by atoms with Crippen LogP contribution in [0.1, 0.15) is 11.4 Å². The second-order valence-corrected chi connectivity index (χ2v) is 6.38. The highest BCUT2D eigenvalue weighted by atomic mass is 127. The zero-order valence-corrected chi connectivity index (χ0v) is 14.3. The van der Waals surface area contributed by atoms with Gasteiger partial charge in [-0.3, -0.25) is 4.57 Å². The van der Waals surface area contributed by atoms with Crippen LogP contribution in [0.3, 0.4) is 0 Å². The molecule has 0 aliphatic heterocycles. The van der Waals surface area contributed by atoms with Crippen LogP contribution in [-0.4, -0.2) is 15.4 Å². The van der Waals surface area contributed by atoms with Crippen molar-refractivity contribution in [2.75, 3.05) is 5.88 Å². The van der Waals surface area contributed by atoms with Gasteiger partial charge >= 0.3 is 0 Å². The maximum absolute atomic E-state index is 14.0. The monoisotopic (exact) mass is 414 g/mol. The number of benzene rings is 2. The molecular weight excluding hydrogens is 402 g/mol. The topological polar surface area (TPSA) is 17.8 Å². The molecule has 3 aromatic rings. The molecule has 21 heavy (non-hydrogen) atoms. The van der Waals surface area contributed by atoms with E-state index in [-0.39, 0.29) is 5.82 Å². The second-order valence-electron chi connectivity index (χ2n) is 4.84. The van der Waals surface area contributed by atoms with Crippen molar-refractivity contribution in [3.8, 4) is 5.69 Å². The first-order chi connectivity index (χ1) is 10.1. The highest BCUT2D eigenvalue weighted by Crippen LogP contribution is 2.27. The number of rotatable bonds is 3. The summed E-state index contributed by atoms with van der Waals surface area (Å²) in [4.78, 5) is 4.63. The van der Waals surface area contributed by atoms with Gasteiger partial charge in [0.15, 0.2) is 0 Å². The van der Waals surface area contributed by atoms with Crippen molar-refractivity contribution in [1.29, 1.82) is 0 Å². The Balaban J connectivity index is 2.35. The Bertz CT molecular complexity index is 813. The van der Waals surface area contributed by atoms with Gasteiger partial charge in [0, 0.05) is 18.4 Å². The van der Waals surface area contributed by atoms with Crippen molar-refractivity contribution < 1.29 is 4.39 Å².